The number of alkyl halides is 3. The molecule has 0 spiro atoms. The molecule has 3 aromatic rings. The molecule has 170 valence electrons. The minimum Gasteiger partial charge on any atom is -0.406 e. The number of aliphatic hydroxyl groups excluding tert-OH is 1. The monoisotopic (exact) mass is 455 g/mol. The molecule has 11 heteroatoms. The molecule has 0 aliphatic rings. The molecule has 2 aromatic carbocycles. The van der Waals surface area contributed by atoms with Crippen LogP contribution < -0.4 is 10.1 Å². The number of hydrogen-bond acceptors (Lipinski definition) is 6. The minimum absolute atomic E-state index is 0.0411. The lowest BCUT2D eigenvalue weighted by molar-refractivity contribution is -0.274. The molecule has 0 bridgehead atoms. The Bertz CT molecular complexity index is 1070. The lowest BCUT2D eigenvalue weighted by Crippen LogP contribution is -2.17. The predicted molar refractivity (Wildman–Crippen MR) is 105 cm³/mol. The van der Waals surface area contributed by atoms with Crippen molar-refractivity contribution in [2.45, 2.75) is 26.5 Å². The van der Waals surface area contributed by atoms with Crippen molar-refractivity contribution in [3.05, 3.63) is 65.4 Å². The van der Waals surface area contributed by atoms with Gasteiger partial charge < -0.3 is 19.9 Å². The number of benzene rings is 2. The lowest BCUT2D eigenvalue weighted by atomic mass is 10.1. The van der Waals surface area contributed by atoms with Crippen LogP contribution in [0.5, 0.6) is 5.75 Å². The number of nitrogens with one attached hydrogen (secondary N) is 1. The van der Waals surface area contributed by atoms with Gasteiger partial charge in [0.2, 0.25) is 0 Å². The van der Waals surface area contributed by atoms with Crippen molar-refractivity contribution in [1.82, 2.24) is 9.97 Å². The average molecular weight is 455 g/mol. The molecule has 32 heavy (non-hydrogen) atoms. The number of ether oxygens (including phenoxy) is 2. The molecule has 0 fully saturated rings. The Kier molecular flexibility index (Phi) is 6.90. The summed E-state index contributed by atoms with van der Waals surface area (Å²) in [5.41, 5.74) is 0.0775. The SMILES string of the molecule is CCOC(O)c1c(C)nc(-c2c(F)cccc2F)nc1Nc1ccc(OC(F)(F)F)cc1. The van der Waals surface area contributed by atoms with Crippen molar-refractivity contribution in [1.29, 1.82) is 0 Å². The highest BCUT2D eigenvalue weighted by Gasteiger charge is 2.31. The molecule has 0 aliphatic heterocycles. The van der Waals surface area contributed by atoms with Crippen molar-refractivity contribution < 1.29 is 36.5 Å². The summed E-state index contributed by atoms with van der Waals surface area (Å²) in [6, 6.07) is 7.98. The summed E-state index contributed by atoms with van der Waals surface area (Å²) in [7, 11) is 0. The number of halogens is 5. The molecule has 6 nitrogen and oxygen atoms in total. The standard InChI is InChI=1S/C21H18F5N3O3/c1-3-31-20(30)16-11(2)27-19(17-14(22)5-4-6-15(17)23)29-18(16)28-12-7-9-13(10-8-12)32-21(24,25)26/h4-10,20,30H,3H2,1-2H3,(H,27,28,29). The van der Waals surface area contributed by atoms with Crippen molar-refractivity contribution in [3.8, 4) is 17.1 Å². The van der Waals surface area contributed by atoms with E-state index in [1.807, 2.05) is 0 Å². The second-order valence-corrected chi connectivity index (χ2v) is 6.50. The van der Waals surface area contributed by atoms with Gasteiger partial charge in [-0.2, -0.15) is 0 Å². The molecule has 1 aromatic heterocycles. The van der Waals surface area contributed by atoms with Crippen LogP contribution in [0.4, 0.5) is 33.5 Å². The van der Waals surface area contributed by atoms with Crippen LogP contribution in [0.25, 0.3) is 11.4 Å². The molecular formula is C21H18F5N3O3. The van der Waals surface area contributed by atoms with Gasteiger partial charge in [-0.3, -0.25) is 0 Å². The minimum atomic E-state index is -4.84. The summed E-state index contributed by atoms with van der Waals surface area (Å²) in [4.78, 5) is 8.26. The second-order valence-electron chi connectivity index (χ2n) is 6.50. The first-order valence-electron chi connectivity index (χ1n) is 9.34. The molecule has 0 amide bonds. The normalized spacial score (nSPS) is 12.5. The van der Waals surface area contributed by atoms with Crippen LogP contribution in [-0.4, -0.2) is 28.0 Å². The quantitative estimate of drug-likeness (QED) is 0.367. The molecule has 0 radical (unpaired) electrons. The fourth-order valence-electron chi connectivity index (χ4n) is 2.91. The number of nitrogens with zero attached hydrogens (tertiary/aromatic N) is 2. The number of aryl methyl sites for hydroxylation is 1. The lowest BCUT2D eigenvalue weighted by Gasteiger charge is -2.19. The van der Waals surface area contributed by atoms with Crippen LogP contribution in [0.15, 0.2) is 42.5 Å². The first-order valence-corrected chi connectivity index (χ1v) is 9.34. The first kappa shape index (κ1) is 23.4. The summed E-state index contributed by atoms with van der Waals surface area (Å²) in [6.07, 6.45) is -6.30. The third-order valence-electron chi connectivity index (χ3n) is 4.24. The van der Waals surface area contributed by atoms with E-state index < -0.39 is 35.6 Å². The first-order chi connectivity index (χ1) is 15.1. The molecule has 3 rings (SSSR count). The molecule has 0 saturated carbocycles. The second kappa shape index (κ2) is 9.45. The highest BCUT2D eigenvalue weighted by Crippen LogP contribution is 2.32. The highest BCUT2D eigenvalue weighted by atomic mass is 19.4. The van der Waals surface area contributed by atoms with E-state index >= 15 is 0 Å². The zero-order valence-electron chi connectivity index (χ0n) is 16.9. The molecule has 0 saturated heterocycles. The fraction of sp³-hybridized carbons (Fsp3) is 0.238. The summed E-state index contributed by atoms with van der Waals surface area (Å²) in [5.74, 6) is -2.54. The molecular weight excluding hydrogens is 437 g/mol. The van der Waals surface area contributed by atoms with E-state index in [9.17, 15) is 27.1 Å². The Morgan fingerprint density at radius 3 is 2.22 bits per heavy atom. The Hall–Kier alpha value is -3.31. The van der Waals surface area contributed by atoms with Gasteiger partial charge in [-0.05, 0) is 50.2 Å². The predicted octanol–water partition coefficient (Wildman–Crippen LogP) is 5.40. The number of aromatic nitrogens is 2. The van der Waals surface area contributed by atoms with Gasteiger partial charge >= 0.3 is 6.36 Å². The average Bonchev–Trinajstić information content (AvgIpc) is 2.68. The Morgan fingerprint density at radius 1 is 1.03 bits per heavy atom. The van der Waals surface area contributed by atoms with Crippen LogP contribution in [0.2, 0.25) is 0 Å². The molecule has 1 unspecified atom stereocenters. The number of anilines is 2. The third kappa shape index (κ3) is 5.48. The van der Waals surface area contributed by atoms with Gasteiger partial charge in [0, 0.05) is 12.3 Å². The maximum atomic E-state index is 14.3. The Morgan fingerprint density at radius 2 is 1.66 bits per heavy atom. The zero-order chi connectivity index (χ0) is 23.5. The summed E-state index contributed by atoms with van der Waals surface area (Å²) >= 11 is 0. The van der Waals surface area contributed by atoms with Crippen LogP contribution in [0, 0.1) is 18.6 Å². The van der Waals surface area contributed by atoms with Crippen LogP contribution in [0.3, 0.4) is 0 Å². The van der Waals surface area contributed by atoms with Crippen molar-refractivity contribution in [2.75, 3.05) is 11.9 Å². The summed E-state index contributed by atoms with van der Waals surface area (Å²) in [6.45, 7) is 3.29. The topological polar surface area (TPSA) is 76.5 Å². The number of aliphatic hydroxyl groups is 1. The van der Waals surface area contributed by atoms with Gasteiger partial charge in [0.15, 0.2) is 12.1 Å². The van der Waals surface area contributed by atoms with Gasteiger partial charge in [0.05, 0.1) is 16.8 Å². The molecule has 1 atom stereocenters. The van der Waals surface area contributed by atoms with Gasteiger partial charge in [-0.15, -0.1) is 13.2 Å². The molecule has 2 N–H and O–H groups in total. The van der Waals surface area contributed by atoms with Crippen molar-refractivity contribution in [2.24, 2.45) is 0 Å². The van der Waals surface area contributed by atoms with Gasteiger partial charge in [0.1, 0.15) is 23.2 Å². The number of rotatable bonds is 7. The van der Waals surface area contributed by atoms with Crippen molar-refractivity contribution in [3.63, 3.8) is 0 Å². The van der Waals surface area contributed by atoms with E-state index in [-0.39, 0.29) is 35.2 Å². The Balaban J connectivity index is 2.04. The Labute approximate surface area is 179 Å². The van der Waals surface area contributed by atoms with E-state index in [2.05, 4.69) is 20.0 Å². The molecule has 1 heterocycles. The van der Waals surface area contributed by atoms with Crippen LogP contribution >= 0.6 is 0 Å². The van der Waals surface area contributed by atoms with Crippen LogP contribution in [0.1, 0.15) is 24.5 Å². The maximum Gasteiger partial charge on any atom is 0.573 e. The molecule has 0 aliphatic carbocycles. The summed E-state index contributed by atoms with van der Waals surface area (Å²) < 4.78 is 74.6. The van der Waals surface area contributed by atoms with E-state index in [0.29, 0.717) is 0 Å². The van der Waals surface area contributed by atoms with E-state index in [4.69, 9.17) is 4.74 Å². The van der Waals surface area contributed by atoms with E-state index in [1.165, 1.54) is 25.1 Å². The van der Waals surface area contributed by atoms with Gasteiger partial charge in [-0.25, -0.2) is 18.7 Å². The number of hydrogen-bond donors (Lipinski definition) is 2. The van der Waals surface area contributed by atoms with Crippen LogP contribution in [-0.2, 0) is 4.74 Å². The highest BCUT2D eigenvalue weighted by molar-refractivity contribution is 5.66. The smallest absolute Gasteiger partial charge is 0.406 e. The van der Waals surface area contributed by atoms with Crippen molar-refractivity contribution >= 4 is 11.5 Å². The zero-order valence-corrected chi connectivity index (χ0v) is 16.9. The van der Waals surface area contributed by atoms with Gasteiger partial charge in [-0.1, -0.05) is 6.07 Å². The summed E-state index contributed by atoms with van der Waals surface area (Å²) in [5, 5.41) is 13.2. The van der Waals surface area contributed by atoms with Gasteiger partial charge in [0.25, 0.3) is 0 Å². The third-order valence-corrected chi connectivity index (χ3v) is 4.24. The van der Waals surface area contributed by atoms with E-state index in [0.717, 1.165) is 24.3 Å². The van der Waals surface area contributed by atoms with E-state index in [1.54, 1.807) is 6.92 Å². The maximum absolute atomic E-state index is 14.3. The fourth-order valence-corrected chi connectivity index (χ4v) is 2.91. The largest absolute Gasteiger partial charge is 0.573 e.